The minimum absolute atomic E-state index is 0.227. The monoisotopic (exact) mass is 337 g/mol. The Balaban J connectivity index is 2.38. The zero-order valence-corrected chi connectivity index (χ0v) is 12.3. The van der Waals surface area contributed by atoms with Crippen LogP contribution in [0.3, 0.4) is 0 Å². The molecule has 0 fully saturated rings. The van der Waals surface area contributed by atoms with Gasteiger partial charge in [0.1, 0.15) is 5.82 Å². The summed E-state index contributed by atoms with van der Waals surface area (Å²) in [5.74, 6) is -0.978. The molecule has 0 aliphatic heterocycles. The minimum atomic E-state index is -0.607. The SMILES string of the molecule is Cc1cc(Br)c(F)cc1Nc1ccc(N)c(C(N)=O)c1. The Kier molecular flexibility index (Phi) is 3.94. The van der Waals surface area contributed by atoms with Crippen molar-refractivity contribution in [1.82, 2.24) is 0 Å². The quantitative estimate of drug-likeness (QED) is 0.751. The van der Waals surface area contributed by atoms with Crippen molar-refractivity contribution in [1.29, 1.82) is 0 Å². The number of rotatable bonds is 3. The van der Waals surface area contributed by atoms with Gasteiger partial charge in [0.2, 0.25) is 0 Å². The first-order valence-electron chi connectivity index (χ1n) is 5.80. The van der Waals surface area contributed by atoms with Crippen LogP contribution in [-0.2, 0) is 0 Å². The maximum Gasteiger partial charge on any atom is 0.250 e. The van der Waals surface area contributed by atoms with Gasteiger partial charge in [0, 0.05) is 17.1 Å². The molecule has 2 aromatic carbocycles. The fraction of sp³-hybridized carbons (Fsp3) is 0.0714. The summed E-state index contributed by atoms with van der Waals surface area (Å²) < 4.78 is 14.0. The van der Waals surface area contributed by atoms with E-state index in [1.165, 1.54) is 12.1 Å². The van der Waals surface area contributed by atoms with Gasteiger partial charge in [-0.3, -0.25) is 4.79 Å². The molecule has 0 unspecified atom stereocenters. The molecule has 0 aromatic heterocycles. The van der Waals surface area contributed by atoms with E-state index in [4.69, 9.17) is 11.5 Å². The Bertz CT molecular complexity index is 688. The van der Waals surface area contributed by atoms with Crippen LogP contribution in [0.25, 0.3) is 0 Å². The molecule has 0 aliphatic rings. The summed E-state index contributed by atoms with van der Waals surface area (Å²) in [7, 11) is 0. The van der Waals surface area contributed by atoms with E-state index in [-0.39, 0.29) is 11.4 Å². The van der Waals surface area contributed by atoms with E-state index in [1.54, 1.807) is 18.2 Å². The maximum absolute atomic E-state index is 13.6. The number of carbonyl (C=O) groups excluding carboxylic acids is 1. The minimum Gasteiger partial charge on any atom is -0.398 e. The third-order valence-corrected chi connectivity index (χ3v) is 3.47. The number of halogens is 2. The van der Waals surface area contributed by atoms with Crippen LogP contribution in [0.4, 0.5) is 21.5 Å². The highest BCUT2D eigenvalue weighted by Gasteiger charge is 2.09. The Morgan fingerprint density at radius 1 is 1.30 bits per heavy atom. The van der Waals surface area contributed by atoms with E-state index in [1.807, 2.05) is 6.92 Å². The predicted octanol–water partition coefficient (Wildman–Crippen LogP) is 3.32. The summed E-state index contributed by atoms with van der Waals surface area (Å²) in [6.45, 7) is 1.85. The first-order chi connectivity index (χ1) is 9.38. The van der Waals surface area contributed by atoms with Crippen molar-refractivity contribution < 1.29 is 9.18 Å². The van der Waals surface area contributed by atoms with E-state index < -0.39 is 5.91 Å². The zero-order chi connectivity index (χ0) is 14.9. The lowest BCUT2D eigenvalue weighted by Gasteiger charge is -2.12. The topological polar surface area (TPSA) is 81.1 Å². The van der Waals surface area contributed by atoms with Gasteiger partial charge in [-0.1, -0.05) is 0 Å². The van der Waals surface area contributed by atoms with Crippen LogP contribution >= 0.6 is 15.9 Å². The van der Waals surface area contributed by atoms with Crippen molar-refractivity contribution in [3.63, 3.8) is 0 Å². The molecule has 2 rings (SSSR count). The molecular weight excluding hydrogens is 325 g/mol. The highest BCUT2D eigenvalue weighted by molar-refractivity contribution is 9.10. The fourth-order valence-corrected chi connectivity index (χ4v) is 2.24. The molecule has 0 saturated carbocycles. The van der Waals surface area contributed by atoms with Gasteiger partial charge in [-0.25, -0.2) is 4.39 Å². The van der Waals surface area contributed by atoms with Crippen LogP contribution < -0.4 is 16.8 Å². The molecule has 0 radical (unpaired) electrons. The summed E-state index contributed by atoms with van der Waals surface area (Å²) in [6.07, 6.45) is 0. The fourth-order valence-electron chi connectivity index (χ4n) is 1.78. The second kappa shape index (κ2) is 5.50. The molecule has 6 heteroatoms. The summed E-state index contributed by atoms with van der Waals surface area (Å²) in [5, 5.41) is 3.04. The molecule has 0 aliphatic carbocycles. The standard InChI is InChI=1S/C14H13BrFN3O/c1-7-4-10(15)11(16)6-13(7)19-8-2-3-12(17)9(5-8)14(18)20/h2-6,19H,17H2,1H3,(H2,18,20). The molecule has 2 aromatic rings. The Labute approximate surface area is 124 Å². The van der Waals surface area contributed by atoms with Crippen molar-refractivity contribution >= 4 is 38.9 Å². The van der Waals surface area contributed by atoms with Gasteiger partial charge in [-0.05, 0) is 58.7 Å². The molecule has 0 spiro atoms. The van der Waals surface area contributed by atoms with E-state index in [0.29, 0.717) is 21.5 Å². The molecule has 1 amide bonds. The first kappa shape index (κ1) is 14.3. The second-order valence-electron chi connectivity index (χ2n) is 4.37. The van der Waals surface area contributed by atoms with Crippen molar-refractivity contribution in [2.45, 2.75) is 6.92 Å². The zero-order valence-electron chi connectivity index (χ0n) is 10.7. The largest absolute Gasteiger partial charge is 0.398 e. The number of amides is 1. The molecule has 0 heterocycles. The van der Waals surface area contributed by atoms with Gasteiger partial charge in [-0.2, -0.15) is 0 Å². The van der Waals surface area contributed by atoms with Gasteiger partial charge in [0.05, 0.1) is 10.0 Å². The summed E-state index contributed by atoms with van der Waals surface area (Å²) in [5.41, 5.74) is 13.5. The van der Waals surface area contributed by atoms with Crippen LogP contribution in [0.5, 0.6) is 0 Å². The lowest BCUT2D eigenvalue weighted by atomic mass is 10.1. The number of nitrogens with one attached hydrogen (secondary N) is 1. The number of hydrogen-bond acceptors (Lipinski definition) is 3. The van der Waals surface area contributed by atoms with E-state index in [0.717, 1.165) is 5.56 Å². The van der Waals surface area contributed by atoms with Gasteiger partial charge >= 0.3 is 0 Å². The lowest BCUT2D eigenvalue weighted by Crippen LogP contribution is -2.13. The average molecular weight is 338 g/mol. The summed E-state index contributed by atoms with van der Waals surface area (Å²) in [4.78, 5) is 11.2. The predicted molar refractivity (Wildman–Crippen MR) is 81.5 cm³/mol. The van der Waals surface area contributed by atoms with E-state index in [2.05, 4.69) is 21.2 Å². The smallest absolute Gasteiger partial charge is 0.250 e. The highest BCUT2D eigenvalue weighted by atomic mass is 79.9. The number of benzene rings is 2. The molecular formula is C14H13BrFN3O. The Morgan fingerprint density at radius 2 is 2.00 bits per heavy atom. The third-order valence-electron chi connectivity index (χ3n) is 2.87. The molecule has 0 bridgehead atoms. The molecule has 20 heavy (non-hydrogen) atoms. The van der Waals surface area contributed by atoms with Gasteiger partial charge in [0.15, 0.2) is 0 Å². The molecule has 104 valence electrons. The van der Waals surface area contributed by atoms with E-state index >= 15 is 0 Å². The number of aryl methyl sites for hydroxylation is 1. The van der Waals surface area contributed by atoms with Crippen LogP contribution in [-0.4, -0.2) is 5.91 Å². The first-order valence-corrected chi connectivity index (χ1v) is 6.60. The lowest BCUT2D eigenvalue weighted by molar-refractivity contribution is 0.100. The molecule has 0 saturated heterocycles. The van der Waals surface area contributed by atoms with E-state index in [9.17, 15) is 9.18 Å². The maximum atomic E-state index is 13.6. The normalized spacial score (nSPS) is 10.3. The van der Waals surface area contributed by atoms with Crippen LogP contribution in [0, 0.1) is 12.7 Å². The second-order valence-corrected chi connectivity index (χ2v) is 5.23. The Morgan fingerprint density at radius 3 is 2.65 bits per heavy atom. The van der Waals surface area contributed by atoms with Crippen LogP contribution in [0.15, 0.2) is 34.8 Å². The number of hydrogen-bond donors (Lipinski definition) is 3. The highest BCUT2D eigenvalue weighted by Crippen LogP contribution is 2.27. The number of carbonyl (C=O) groups is 1. The summed E-state index contributed by atoms with van der Waals surface area (Å²) in [6, 6.07) is 7.86. The van der Waals surface area contributed by atoms with Crippen LogP contribution in [0.2, 0.25) is 0 Å². The van der Waals surface area contributed by atoms with Crippen molar-refractivity contribution in [2.24, 2.45) is 5.73 Å². The van der Waals surface area contributed by atoms with Crippen molar-refractivity contribution in [3.8, 4) is 0 Å². The van der Waals surface area contributed by atoms with Gasteiger partial charge < -0.3 is 16.8 Å². The average Bonchev–Trinajstić information content (AvgIpc) is 2.37. The number of primary amides is 1. The van der Waals surface area contributed by atoms with Crippen molar-refractivity contribution in [2.75, 3.05) is 11.1 Å². The molecule has 4 nitrogen and oxygen atoms in total. The van der Waals surface area contributed by atoms with Crippen molar-refractivity contribution in [3.05, 3.63) is 51.7 Å². The third kappa shape index (κ3) is 2.91. The molecule has 0 atom stereocenters. The molecule has 5 N–H and O–H groups in total. The number of nitrogen functional groups attached to an aromatic ring is 1. The number of anilines is 3. The van der Waals surface area contributed by atoms with Crippen LogP contribution in [0.1, 0.15) is 15.9 Å². The Hall–Kier alpha value is -2.08. The van der Waals surface area contributed by atoms with Gasteiger partial charge in [-0.15, -0.1) is 0 Å². The summed E-state index contributed by atoms with van der Waals surface area (Å²) >= 11 is 3.13. The van der Waals surface area contributed by atoms with Gasteiger partial charge in [0.25, 0.3) is 5.91 Å². The number of nitrogens with two attached hydrogens (primary N) is 2.